The van der Waals surface area contributed by atoms with Crippen molar-refractivity contribution in [3.8, 4) is 0 Å². The van der Waals surface area contributed by atoms with Gasteiger partial charge in [-0.15, -0.1) is 11.3 Å². The number of likely N-dealkylation sites (tertiary alicyclic amines) is 2. The molecule has 0 bridgehead atoms. The molecule has 1 unspecified atom stereocenters. The lowest BCUT2D eigenvalue weighted by atomic mass is 9.98. The molecule has 0 radical (unpaired) electrons. The van der Waals surface area contributed by atoms with Gasteiger partial charge in [-0.05, 0) is 81.9 Å². The summed E-state index contributed by atoms with van der Waals surface area (Å²) in [7, 11) is 3.20. The van der Waals surface area contributed by atoms with Gasteiger partial charge in [0.05, 0.1) is 27.1 Å². The molecule has 10 heteroatoms. The second kappa shape index (κ2) is 14.9. The van der Waals surface area contributed by atoms with Crippen LogP contribution in [-0.2, 0) is 16.0 Å². The number of aromatic nitrogens is 2. The second-order valence-electron chi connectivity index (χ2n) is 10.2. The highest BCUT2D eigenvalue weighted by atomic mass is 32.1. The van der Waals surface area contributed by atoms with Gasteiger partial charge in [0.2, 0.25) is 0 Å². The van der Waals surface area contributed by atoms with Gasteiger partial charge in [-0.3, -0.25) is 9.59 Å². The molecule has 39 heavy (non-hydrogen) atoms. The molecule has 2 aliphatic heterocycles. The Bertz CT molecular complexity index is 1190. The fourth-order valence-electron chi connectivity index (χ4n) is 4.89. The van der Waals surface area contributed by atoms with Gasteiger partial charge < -0.3 is 26.0 Å². The van der Waals surface area contributed by atoms with Crippen molar-refractivity contribution in [1.82, 2.24) is 19.8 Å². The van der Waals surface area contributed by atoms with E-state index in [-0.39, 0.29) is 0 Å². The minimum Gasteiger partial charge on any atom is -0.400 e. The number of nitrogen functional groups attached to an aromatic ring is 1. The number of aliphatic hydroxyl groups is 1. The van der Waals surface area contributed by atoms with Crippen molar-refractivity contribution in [3.63, 3.8) is 0 Å². The van der Waals surface area contributed by atoms with Crippen molar-refractivity contribution >= 4 is 44.9 Å². The number of nitrogens with zero attached hydrogens (tertiary/aromatic N) is 4. The van der Waals surface area contributed by atoms with Crippen molar-refractivity contribution in [2.24, 2.45) is 5.92 Å². The normalized spacial score (nSPS) is 18.0. The minimum absolute atomic E-state index is 0.445. The summed E-state index contributed by atoms with van der Waals surface area (Å²) in [6, 6.07) is 10.2. The summed E-state index contributed by atoms with van der Waals surface area (Å²) in [5.74, 6) is 0.495. The predicted octanol–water partition coefficient (Wildman–Crippen LogP) is 4.14. The molecular weight excluding hydrogens is 512 g/mol. The van der Waals surface area contributed by atoms with Crippen LogP contribution in [0.15, 0.2) is 36.5 Å². The summed E-state index contributed by atoms with van der Waals surface area (Å²) in [4.78, 5) is 37.0. The molecule has 3 aromatic rings. The first-order valence-electron chi connectivity index (χ1n) is 13.7. The zero-order valence-corrected chi connectivity index (χ0v) is 24.3. The van der Waals surface area contributed by atoms with E-state index in [9.17, 15) is 9.59 Å². The number of pyridine rings is 1. The van der Waals surface area contributed by atoms with E-state index in [4.69, 9.17) is 15.8 Å². The summed E-state index contributed by atoms with van der Waals surface area (Å²) < 4.78 is 1.33. The number of anilines is 2. The summed E-state index contributed by atoms with van der Waals surface area (Å²) >= 11 is 1.88. The molecular formula is C29H42N6O3S. The quantitative estimate of drug-likeness (QED) is 0.416. The average molecular weight is 555 g/mol. The molecule has 4 N–H and O–H groups in total. The second-order valence-corrected chi connectivity index (χ2v) is 11.2. The first kappa shape index (κ1) is 30.5. The van der Waals surface area contributed by atoms with Gasteiger partial charge in [-0.25, -0.2) is 9.97 Å². The van der Waals surface area contributed by atoms with Crippen molar-refractivity contribution in [2.45, 2.75) is 51.9 Å². The molecule has 0 aliphatic carbocycles. The van der Waals surface area contributed by atoms with E-state index in [1.165, 1.54) is 47.4 Å². The summed E-state index contributed by atoms with van der Waals surface area (Å²) in [6.07, 6.45) is 6.77. The van der Waals surface area contributed by atoms with Gasteiger partial charge in [0.1, 0.15) is 5.82 Å². The van der Waals surface area contributed by atoms with E-state index < -0.39 is 11.8 Å². The zero-order chi connectivity index (χ0) is 28.4. The minimum atomic E-state index is -0.613. The molecule has 5 rings (SSSR count). The lowest BCUT2D eigenvalue weighted by Gasteiger charge is -2.30. The highest BCUT2D eigenvalue weighted by Crippen LogP contribution is 2.33. The Balaban J connectivity index is 0.000000208. The number of hydrogen-bond donors (Lipinski definition) is 3. The van der Waals surface area contributed by atoms with Crippen molar-refractivity contribution in [1.29, 1.82) is 0 Å². The van der Waals surface area contributed by atoms with Crippen LogP contribution in [0.1, 0.15) is 56.0 Å². The fraction of sp³-hybridized carbons (Fsp3) is 0.517. The van der Waals surface area contributed by atoms with Crippen LogP contribution in [0, 0.1) is 5.92 Å². The summed E-state index contributed by atoms with van der Waals surface area (Å²) in [5.41, 5.74) is 8.25. The molecule has 9 nitrogen and oxygen atoms in total. The number of benzene rings is 1. The number of amides is 2. The standard InChI is InChI=1S/C15H22N4O2.C13H16N2S.CH4O/c1-3-11-7-12(8-17-13(11)16)18-14(20)15(21)19-6-4-5-10(2)9-19;1-15-8-6-10(7-9-15)13-14-11-4-2-3-5-12(11)16-13;1-2/h7-8,10H,3-6,9H2,1-2H3,(H2,16,17)(H,18,20);2-5,10H,6-9H2,1H3;2H,1H3. The molecule has 2 saturated heterocycles. The van der Waals surface area contributed by atoms with Crippen molar-refractivity contribution in [2.75, 3.05) is 51.4 Å². The van der Waals surface area contributed by atoms with Crippen LogP contribution in [0.25, 0.3) is 10.2 Å². The summed E-state index contributed by atoms with van der Waals surface area (Å²) in [5, 5.41) is 10.9. The number of piperidine rings is 2. The maximum atomic E-state index is 12.1. The van der Waals surface area contributed by atoms with Gasteiger partial charge in [-0.2, -0.15) is 0 Å². The van der Waals surface area contributed by atoms with Gasteiger partial charge >= 0.3 is 11.8 Å². The number of para-hydroxylation sites is 1. The lowest BCUT2D eigenvalue weighted by Crippen LogP contribution is -2.44. The molecule has 1 atom stereocenters. The number of rotatable bonds is 3. The number of hydrogen-bond acceptors (Lipinski definition) is 8. The molecule has 4 heterocycles. The van der Waals surface area contributed by atoms with E-state index in [1.807, 2.05) is 18.3 Å². The van der Waals surface area contributed by atoms with Crippen LogP contribution in [0.4, 0.5) is 11.5 Å². The SMILES string of the molecule is CCc1cc(NC(=O)C(=O)N2CCCC(C)C2)cnc1N.CN1CCC(c2nc3ccccc3s2)CC1.CO. The molecule has 0 saturated carbocycles. The van der Waals surface area contributed by atoms with Crippen molar-refractivity contribution in [3.05, 3.63) is 47.1 Å². The Kier molecular flexibility index (Phi) is 11.6. The van der Waals surface area contributed by atoms with Crippen LogP contribution >= 0.6 is 11.3 Å². The highest BCUT2D eigenvalue weighted by molar-refractivity contribution is 7.18. The topological polar surface area (TPSA) is 125 Å². The van der Waals surface area contributed by atoms with Crippen molar-refractivity contribution < 1.29 is 14.7 Å². The Labute approximate surface area is 235 Å². The molecule has 212 valence electrons. The first-order chi connectivity index (χ1) is 18.8. The molecule has 1 aromatic carbocycles. The van der Waals surface area contributed by atoms with Crippen LogP contribution < -0.4 is 11.1 Å². The van der Waals surface area contributed by atoms with E-state index in [0.717, 1.165) is 31.9 Å². The van der Waals surface area contributed by atoms with Gasteiger partial charge in [0.25, 0.3) is 0 Å². The Morgan fingerprint density at radius 2 is 1.87 bits per heavy atom. The third-order valence-corrected chi connectivity index (χ3v) is 8.36. The molecule has 2 fully saturated rings. The van der Waals surface area contributed by atoms with Crippen LogP contribution in [0.3, 0.4) is 0 Å². The lowest BCUT2D eigenvalue weighted by molar-refractivity contribution is -0.144. The number of aryl methyl sites for hydroxylation is 1. The smallest absolute Gasteiger partial charge is 0.313 e. The van der Waals surface area contributed by atoms with E-state index in [0.29, 0.717) is 36.4 Å². The predicted molar refractivity (Wildman–Crippen MR) is 159 cm³/mol. The Morgan fingerprint density at radius 3 is 2.54 bits per heavy atom. The monoisotopic (exact) mass is 554 g/mol. The van der Waals surface area contributed by atoms with Gasteiger partial charge in [-0.1, -0.05) is 26.0 Å². The number of nitrogens with two attached hydrogens (primary N) is 1. The third kappa shape index (κ3) is 8.45. The number of fused-ring (bicyclic) bond motifs is 1. The van der Waals surface area contributed by atoms with Gasteiger partial charge in [0, 0.05) is 26.1 Å². The number of thiazole rings is 1. The van der Waals surface area contributed by atoms with E-state index in [2.05, 4.69) is 53.4 Å². The zero-order valence-electron chi connectivity index (χ0n) is 23.5. The maximum Gasteiger partial charge on any atom is 0.313 e. The Hall–Kier alpha value is -3.08. The highest BCUT2D eigenvalue weighted by Gasteiger charge is 2.26. The number of carbonyl (C=O) groups excluding carboxylic acids is 2. The number of nitrogens with one attached hydrogen (secondary N) is 1. The molecule has 2 aliphatic rings. The third-order valence-electron chi connectivity index (χ3n) is 7.16. The van der Waals surface area contributed by atoms with Crippen LogP contribution in [0.2, 0.25) is 0 Å². The van der Waals surface area contributed by atoms with E-state index in [1.54, 1.807) is 11.0 Å². The largest absolute Gasteiger partial charge is 0.400 e. The van der Waals surface area contributed by atoms with Gasteiger partial charge in [0.15, 0.2) is 0 Å². The van der Waals surface area contributed by atoms with E-state index >= 15 is 0 Å². The molecule has 0 spiro atoms. The Morgan fingerprint density at radius 1 is 1.15 bits per heavy atom. The molecule has 2 amide bonds. The fourth-order valence-corrected chi connectivity index (χ4v) is 6.03. The number of carbonyl (C=O) groups is 2. The van der Waals surface area contributed by atoms with Crippen LogP contribution in [0.5, 0.6) is 0 Å². The summed E-state index contributed by atoms with van der Waals surface area (Å²) in [6.45, 7) is 7.76. The van der Waals surface area contributed by atoms with Crippen LogP contribution in [-0.4, -0.2) is 77.0 Å². The number of aliphatic hydroxyl groups excluding tert-OH is 1. The maximum absolute atomic E-state index is 12.1. The first-order valence-corrected chi connectivity index (χ1v) is 14.5. The molecule has 2 aromatic heterocycles. The average Bonchev–Trinajstić information content (AvgIpc) is 3.40.